The van der Waals surface area contributed by atoms with Gasteiger partial charge in [0.05, 0.1) is 38.6 Å². The van der Waals surface area contributed by atoms with Crippen molar-refractivity contribution in [1.82, 2.24) is 0 Å². The average molecular weight is 627 g/mol. The maximum Gasteiger partial charge on any atom is 0.131 e. The van der Waals surface area contributed by atoms with Gasteiger partial charge in [-0.3, -0.25) is 0 Å². The molecule has 0 N–H and O–H groups in total. The minimum Gasteiger partial charge on any atom is -0.496 e. The molecule has 2 fully saturated rings. The highest BCUT2D eigenvalue weighted by Crippen LogP contribution is 2.79. The van der Waals surface area contributed by atoms with Crippen LogP contribution in [0.5, 0.6) is 11.5 Å². The van der Waals surface area contributed by atoms with Gasteiger partial charge in [0.25, 0.3) is 0 Å². The zero-order valence-electron chi connectivity index (χ0n) is 26.8. The van der Waals surface area contributed by atoms with Crippen LogP contribution < -0.4 is 9.47 Å². The van der Waals surface area contributed by atoms with Crippen LogP contribution in [0.15, 0.2) is 97.1 Å². The predicted octanol–water partition coefficient (Wildman–Crippen LogP) is 9.00. The van der Waals surface area contributed by atoms with Crippen LogP contribution in [0.3, 0.4) is 0 Å². The first kappa shape index (κ1) is 25.6. The smallest absolute Gasteiger partial charge is 0.131 e. The van der Waals surface area contributed by atoms with Crippen molar-refractivity contribution in [3.63, 3.8) is 0 Å². The van der Waals surface area contributed by atoms with Gasteiger partial charge in [-0.1, -0.05) is 97.1 Å². The first-order valence-electron chi connectivity index (χ1n) is 17.8. The van der Waals surface area contributed by atoms with Crippen molar-refractivity contribution in [3.8, 4) is 11.5 Å². The van der Waals surface area contributed by atoms with Crippen LogP contribution in [0, 0.1) is 23.7 Å². The lowest BCUT2D eigenvalue weighted by atomic mass is 9.49. The Morgan fingerprint density at radius 3 is 0.750 bits per heavy atom. The topological polar surface area (TPSA) is 36.9 Å². The van der Waals surface area contributed by atoms with E-state index in [1.54, 1.807) is 0 Å². The second-order valence-corrected chi connectivity index (χ2v) is 15.4. The third-order valence-corrected chi connectivity index (χ3v) is 14.2. The molecule has 6 aliphatic carbocycles. The largest absolute Gasteiger partial charge is 0.496 e. The van der Waals surface area contributed by atoms with Gasteiger partial charge in [0, 0.05) is 69.6 Å². The van der Waals surface area contributed by atoms with Crippen LogP contribution in [0.4, 0.5) is 0 Å². The van der Waals surface area contributed by atoms with E-state index in [4.69, 9.17) is 18.9 Å². The van der Waals surface area contributed by atoms with E-state index >= 15 is 0 Å². The summed E-state index contributed by atoms with van der Waals surface area (Å²) in [6, 6.07) is 36.7. The van der Waals surface area contributed by atoms with Gasteiger partial charge >= 0.3 is 0 Å². The summed E-state index contributed by atoms with van der Waals surface area (Å²) in [5.74, 6) is 4.63. The van der Waals surface area contributed by atoms with E-state index in [-0.39, 0.29) is 24.4 Å². The Bertz CT molecular complexity index is 1880. The fraction of sp³-hybridized carbons (Fsp3) is 0.318. The molecule has 10 aliphatic rings. The molecule has 0 aromatic heterocycles. The summed E-state index contributed by atoms with van der Waals surface area (Å²) in [4.78, 5) is 0. The summed E-state index contributed by atoms with van der Waals surface area (Å²) >= 11 is 0. The molecule has 4 heteroatoms. The van der Waals surface area contributed by atoms with Crippen molar-refractivity contribution < 1.29 is 18.9 Å². The standard InChI is InChI=1S/C44H34O4/c1-45-39-35-37(43-33-29-23-15-7-3-11-19(23)27(31(33)41(35)47-43)20-12-4-8-16-24(20)29)40(46-2)38-36(39)42-32-28-21-13-5-9-17-25(21)30(34(32)44(38)48-42)26-18-10-6-14-22(26)28/h3-18,27-34,41-44H,1-2H3/t27?,28?,29?,30?,31-,32-,33+,34+,41-,42-,43-,44-/m0/s1. The summed E-state index contributed by atoms with van der Waals surface area (Å²) in [6.45, 7) is 0. The Morgan fingerprint density at radius 2 is 0.562 bits per heavy atom. The van der Waals surface area contributed by atoms with Gasteiger partial charge in [0.1, 0.15) is 11.5 Å². The fourth-order valence-corrected chi connectivity index (χ4v) is 13.1. The lowest BCUT2D eigenvalue weighted by Crippen LogP contribution is -2.43. The van der Waals surface area contributed by atoms with Gasteiger partial charge in [-0.15, -0.1) is 0 Å². The van der Waals surface area contributed by atoms with E-state index in [1.807, 2.05) is 14.2 Å². The van der Waals surface area contributed by atoms with Crippen LogP contribution in [-0.4, -0.2) is 14.2 Å². The number of hydrogen-bond donors (Lipinski definition) is 0. The quantitative estimate of drug-likeness (QED) is 0.196. The molecule has 8 atom stereocenters. The van der Waals surface area contributed by atoms with Gasteiger partial charge in [-0.25, -0.2) is 0 Å². The molecule has 4 nitrogen and oxygen atoms in total. The number of benzene rings is 5. The van der Waals surface area contributed by atoms with E-state index in [2.05, 4.69) is 97.1 Å². The first-order chi connectivity index (χ1) is 23.8. The summed E-state index contributed by atoms with van der Waals surface area (Å²) < 4.78 is 27.7. The lowest BCUT2D eigenvalue weighted by Gasteiger charge is -2.52. The Morgan fingerprint density at radius 1 is 0.354 bits per heavy atom. The van der Waals surface area contributed by atoms with Crippen molar-refractivity contribution in [1.29, 1.82) is 0 Å². The maximum absolute atomic E-state index is 7.26. The zero-order chi connectivity index (χ0) is 31.2. The second kappa shape index (κ2) is 8.42. The summed E-state index contributed by atoms with van der Waals surface area (Å²) in [6.07, 6.45) is -0.176. The molecule has 4 heterocycles. The Labute approximate surface area is 279 Å². The Kier molecular flexibility index (Phi) is 4.49. The molecular formula is C44H34O4. The molecule has 15 rings (SSSR count). The van der Waals surface area contributed by atoms with Gasteiger partial charge in [-0.05, 0) is 44.5 Å². The van der Waals surface area contributed by atoms with Gasteiger partial charge in [0.2, 0.25) is 0 Å². The van der Waals surface area contributed by atoms with Crippen molar-refractivity contribution in [2.45, 2.75) is 48.1 Å². The Hall–Kier alpha value is -4.38. The molecule has 0 spiro atoms. The minimum absolute atomic E-state index is 0.0439. The van der Waals surface area contributed by atoms with Gasteiger partial charge in [-0.2, -0.15) is 0 Å². The molecule has 4 aliphatic heterocycles. The third-order valence-electron chi connectivity index (χ3n) is 14.2. The van der Waals surface area contributed by atoms with E-state index in [0.717, 1.165) is 11.5 Å². The summed E-state index contributed by atoms with van der Waals surface area (Å²) in [5, 5.41) is 0. The highest BCUT2D eigenvalue weighted by Gasteiger charge is 2.69. The fourth-order valence-electron chi connectivity index (χ4n) is 13.1. The molecule has 48 heavy (non-hydrogen) atoms. The third kappa shape index (κ3) is 2.57. The predicted molar refractivity (Wildman–Crippen MR) is 180 cm³/mol. The van der Waals surface area contributed by atoms with Crippen molar-refractivity contribution in [2.24, 2.45) is 23.7 Å². The van der Waals surface area contributed by atoms with Crippen molar-refractivity contribution in [3.05, 3.63) is 164 Å². The average Bonchev–Trinajstić information content (AvgIpc) is 3.93. The van der Waals surface area contributed by atoms with E-state index < -0.39 is 0 Å². The second-order valence-electron chi connectivity index (χ2n) is 15.4. The molecular weight excluding hydrogens is 592 g/mol. The number of methoxy groups -OCH3 is 2. The van der Waals surface area contributed by atoms with Crippen LogP contribution >= 0.6 is 0 Å². The van der Waals surface area contributed by atoms with Gasteiger partial charge in [0.15, 0.2) is 0 Å². The van der Waals surface area contributed by atoms with E-state index in [1.165, 1.54) is 66.8 Å². The number of rotatable bonds is 2. The molecule has 0 radical (unpaired) electrons. The molecule has 0 unspecified atom stereocenters. The van der Waals surface area contributed by atoms with Crippen molar-refractivity contribution in [2.75, 3.05) is 14.2 Å². The molecule has 234 valence electrons. The summed E-state index contributed by atoms with van der Waals surface area (Å²) in [7, 11) is 3.73. The summed E-state index contributed by atoms with van der Waals surface area (Å²) in [5.41, 5.74) is 16.8. The van der Waals surface area contributed by atoms with Crippen LogP contribution in [0.1, 0.15) is 115 Å². The number of hydrogen-bond acceptors (Lipinski definition) is 4. The molecule has 5 aromatic rings. The number of fused-ring (bicyclic) bond motifs is 10. The SMILES string of the molecule is COc1c2c(c(OC)c3c1[C@H]1O[C@H]3[C@H]3C4c5ccccc5C(c5ccccc54)[C@H]31)[C@H]1O[C@H]2[C@@H]2C3c4ccccc4C(c4ccccc43)[C@@H]21. The molecule has 5 aromatic carbocycles. The van der Waals surface area contributed by atoms with Gasteiger partial charge < -0.3 is 18.9 Å². The normalized spacial score (nSPS) is 36.4. The van der Waals surface area contributed by atoms with E-state index in [9.17, 15) is 0 Å². The number of ether oxygens (including phenoxy) is 4. The molecule has 2 saturated heterocycles. The highest BCUT2D eigenvalue weighted by atomic mass is 16.5. The lowest BCUT2D eigenvalue weighted by molar-refractivity contribution is 0.0466. The Balaban J connectivity index is 1.04. The van der Waals surface area contributed by atoms with Crippen LogP contribution in [0.2, 0.25) is 0 Å². The zero-order valence-corrected chi connectivity index (χ0v) is 26.8. The van der Waals surface area contributed by atoms with Crippen LogP contribution in [-0.2, 0) is 9.47 Å². The molecule has 0 amide bonds. The minimum atomic E-state index is -0.0439. The van der Waals surface area contributed by atoms with Crippen LogP contribution in [0.25, 0.3) is 0 Å². The highest BCUT2D eigenvalue weighted by molar-refractivity contribution is 5.71. The first-order valence-corrected chi connectivity index (χ1v) is 17.8. The maximum atomic E-state index is 7.26. The molecule has 8 bridgehead atoms. The van der Waals surface area contributed by atoms with E-state index in [0.29, 0.717) is 47.3 Å². The van der Waals surface area contributed by atoms with Crippen molar-refractivity contribution >= 4 is 0 Å². The monoisotopic (exact) mass is 626 g/mol. The molecule has 0 saturated carbocycles.